The van der Waals surface area contributed by atoms with Crippen LogP contribution in [-0.4, -0.2) is 39.1 Å². The third-order valence-corrected chi connectivity index (χ3v) is 4.71. The molecule has 1 saturated heterocycles. The Hall–Kier alpha value is -3.22. The number of carbonyl (C=O) groups excluding carboxylic acids is 2. The highest BCUT2D eigenvalue weighted by Gasteiger charge is 2.17. The standard InChI is InChI=1S/C21H25N3O4/c1-27-17-10-11-19(28-2)18(14-17)23-21(26)20(25)22-15-6-8-16(9-7-15)24-12-4-3-5-13-24/h6-11,14H,3-5,12-13H2,1-2H3,(H,22,25)(H,23,26). The molecule has 3 rings (SSSR count). The smallest absolute Gasteiger partial charge is 0.314 e. The van der Waals surface area contributed by atoms with Gasteiger partial charge in [0.05, 0.1) is 19.9 Å². The number of nitrogens with zero attached hydrogens (tertiary/aromatic N) is 1. The molecule has 1 aliphatic heterocycles. The number of carbonyl (C=O) groups is 2. The summed E-state index contributed by atoms with van der Waals surface area (Å²) in [6, 6.07) is 12.5. The van der Waals surface area contributed by atoms with Crippen molar-refractivity contribution in [3.63, 3.8) is 0 Å². The Bertz CT molecular complexity index is 830. The van der Waals surface area contributed by atoms with Crippen molar-refractivity contribution in [2.75, 3.05) is 42.8 Å². The van der Waals surface area contributed by atoms with E-state index in [2.05, 4.69) is 15.5 Å². The first kappa shape index (κ1) is 19.5. The van der Waals surface area contributed by atoms with Crippen LogP contribution < -0.4 is 25.0 Å². The molecule has 7 heteroatoms. The fourth-order valence-corrected chi connectivity index (χ4v) is 3.19. The fraction of sp³-hybridized carbons (Fsp3) is 0.333. The maximum Gasteiger partial charge on any atom is 0.314 e. The van der Waals surface area contributed by atoms with Gasteiger partial charge < -0.3 is 25.0 Å². The molecule has 0 bridgehead atoms. The van der Waals surface area contributed by atoms with Gasteiger partial charge in [0, 0.05) is 30.5 Å². The average molecular weight is 383 g/mol. The molecule has 148 valence electrons. The molecule has 0 saturated carbocycles. The summed E-state index contributed by atoms with van der Waals surface area (Å²) in [6.07, 6.45) is 3.68. The number of ether oxygens (including phenoxy) is 2. The summed E-state index contributed by atoms with van der Waals surface area (Å²) < 4.78 is 10.3. The minimum absolute atomic E-state index is 0.363. The van der Waals surface area contributed by atoms with E-state index in [0.717, 1.165) is 18.8 Å². The van der Waals surface area contributed by atoms with Gasteiger partial charge in [0.15, 0.2) is 0 Å². The van der Waals surface area contributed by atoms with E-state index in [-0.39, 0.29) is 0 Å². The predicted octanol–water partition coefficient (Wildman–Crippen LogP) is 3.27. The number of nitrogens with one attached hydrogen (secondary N) is 2. The molecule has 7 nitrogen and oxygen atoms in total. The number of hydrogen-bond acceptors (Lipinski definition) is 5. The molecule has 2 aromatic rings. The molecule has 0 aliphatic carbocycles. The lowest BCUT2D eigenvalue weighted by atomic mass is 10.1. The third-order valence-electron chi connectivity index (χ3n) is 4.71. The van der Waals surface area contributed by atoms with Crippen molar-refractivity contribution in [2.24, 2.45) is 0 Å². The first-order valence-corrected chi connectivity index (χ1v) is 9.30. The van der Waals surface area contributed by atoms with Gasteiger partial charge in [-0.1, -0.05) is 0 Å². The first-order valence-electron chi connectivity index (χ1n) is 9.30. The molecule has 2 amide bonds. The highest BCUT2D eigenvalue weighted by molar-refractivity contribution is 6.43. The van der Waals surface area contributed by atoms with Crippen LogP contribution in [-0.2, 0) is 9.59 Å². The number of anilines is 3. The van der Waals surface area contributed by atoms with E-state index in [0.29, 0.717) is 22.9 Å². The van der Waals surface area contributed by atoms with Gasteiger partial charge in [0.1, 0.15) is 11.5 Å². The van der Waals surface area contributed by atoms with E-state index in [1.807, 2.05) is 12.1 Å². The molecule has 2 aromatic carbocycles. The SMILES string of the molecule is COc1ccc(OC)c(NC(=O)C(=O)Nc2ccc(N3CCCCC3)cc2)c1. The van der Waals surface area contributed by atoms with E-state index in [4.69, 9.17) is 9.47 Å². The van der Waals surface area contributed by atoms with Crippen LogP contribution in [0.5, 0.6) is 11.5 Å². The lowest BCUT2D eigenvalue weighted by Crippen LogP contribution is -2.30. The van der Waals surface area contributed by atoms with Crippen molar-refractivity contribution in [1.82, 2.24) is 0 Å². The Morgan fingerprint density at radius 2 is 1.54 bits per heavy atom. The molecular formula is C21H25N3O4. The van der Waals surface area contributed by atoms with Crippen LogP contribution in [0.25, 0.3) is 0 Å². The third kappa shape index (κ3) is 4.73. The number of rotatable bonds is 5. The quantitative estimate of drug-likeness (QED) is 0.775. The number of amides is 2. The molecule has 1 aliphatic rings. The van der Waals surface area contributed by atoms with Crippen LogP contribution in [0.2, 0.25) is 0 Å². The van der Waals surface area contributed by atoms with Crippen molar-refractivity contribution in [1.29, 1.82) is 0 Å². The summed E-state index contributed by atoms with van der Waals surface area (Å²) in [7, 11) is 3.01. The van der Waals surface area contributed by atoms with Crippen molar-refractivity contribution in [3.8, 4) is 11.5 Å². The highest BCUT2D eigenvalue weighted by atomic mass is 16.5. The molecule has 0 atom stereocenters. The van der Waals surface area contributed by atoms with Crippen LogP contribution in [0.4, 0.5) is 17.1 Å². The molecule has 0 radical (unpaired) electrons. The fourth-order valence-electron chi connectivity index (χ4n) is 3.19. The lowest BCUT2D eigenvalue weighted by molar-refractivity contribution is -0.133. The van der Waals surface area contributed by atoms with Gasteiger partial charge in [-0.15, -0.1) is 0 Å². The number of hydrogen-bond donors (Lipinski definition) is 2. The Labute approximate surface area is 164 Å². The second-order valence-corrected chi connectivity index (χ2v) is 6.57. The maximum atomic E-state index is 12.3. The van der Waals surface area contributed by atoms with Gasteiger partial charge in [-0.05, 0) is 55.7 Å². The van der Waals surface area contributed by atoms with Crippen LogP contribution in [0.1, 0.15) is 19.3 Å². The molecule has 1 fully saturated rings. The Morgan fingerprint density at radius 3 is 2.18 bits per heavy atom. The van der Waals surface area contributed by atoms with Gasteiger partial charge in [-0.3, -0.25) is 9.59 Å². The second kappa shape index (κ2) is 9.12. The molecule has 0 aromatic heterocycles. The van der Waals surface area contributed by atoms with Gasteiger partial charge in [-0.2, -0.15) is 0 Å². The summed E-state index contributed by atoms with van der Waals surface area (Å²) >= 11 is 0. The normalized spacial score (nSPS) is 13.6. The Morgan fingerprint density at radius 1 is 0.857 bits per heavy atom. The van der Waals surface area contributed by atoms with Crippen LogP contribution in [0.15, 0.2) is 42.5 Å². The number of piperidine rings is 1. The zero-order chi connectivity index (χ0) is 19.9. The number of benzene rings is 2. The average Bonchev–Trinajstić information content (AvgIpc) is 2.74. The Balaban J connectivity index is 1.62. The molecule has 1 heterocycles. The number of methoxy groups -OCH3 is 2. The summed E-state index contributed by atoms with van der Waals surface area (Å²) in [6.45, 7) is 2.10. The largest absolute Gasteiger partial charge is 0.497 e. The van der Waals surface area contributed by atoms with Crippen molar-refractivity contribution in [3.05, 3.63) is 42.5 Å². The summed E-state index contributed by atoms with van der Waals surface area (Å²) in [5.74, 6) is -0.556. The Kier molecular flexibility index (Phi) is 6.37. The zero-order valence-corrected chi connectivity index (χ0v) is 16.2. The van der Waals surface area contributed by atoms with Crippen LogP contribution >= 0.6 is 0 Å². The maximum absolute atomic E-state index is 12.3. The predicted molar refractivity (Wildman–Crippen MR) is 109 cm³/mol. The van der Waals surface area contributed by atoms with E-state index in [1.54, 1.807) is 30.3 Å². The minimum Gasteiger partial charge on any atom is -0.497 e. The van der Waals surface area contributed by atoms with Gasteiger partial charge in [0.2, 0.25) is 0 Å². The van der Waals surface area contributed by atoms with Gasteiger partial charge >= 0.3 is 11.8 Å². The van der Waals surface area contributed by atoms with Gasteiger partial charge in [0.25, 0.3) is 0 Å². The summed E-state index contributed by atoms with van der Waals surface area (Å²) in [4.78, 5) is 26.9. The zero-order valence-electron chi connectivity index (χ0n) is 16.2. The molecular weight excluding hydrogens is 358 g/mol. The van der Waals surface area contributed by atoms with Gasteiger partial charge in [-0.25, -0.2) is 0 Å². The van der Waals surface area contributed by atoms with Crippen LogP contribution in [0, 0.1) is 0 Å². The topological polar surface area (TPSA) is 79.9 Å². The molecule has 2 N–H and O–H groups in total. The lowest BCUT2D eigenvalue weighted by Gasteiger charge is -2.28. The molecule has 28 heavy (non-hydrogen) atoms. The van der Waals surface area contributed by atoms with Crippen molar-refractivity contribution >= 4 is 28.9 Å². The minimum atomic E-state index is -0.785. The van der Waals surface area contributed by atoms with E-state index < -0.39 is 11.8 Å². The van der Waals surface area contributed by atoms with E-state index >= 15 is 0 Å². The molecule has 0 spiro atoms. The van der Waals surface area contributed by atoms with E-state index in [9.17, 15) is 9.59 Å². The summed E-state index contributed by atoms with van der Waals surface area (Å²) in [5, 5.41) is 5.17. The molecule has 0 unspecified atom stereocenters. The van der Waals surface area contributed by atoms with E-state index in [1.165, 1.54) is 33.5 Å². The highest BCUT2D eigenvalue weighted by Crippen LogP contribution is 2.29. The monoisotopic (exact) mass is 383 g/mol. The van der Waals surface area contributed by atoms with Crippen LogP contribution in [0.3, 0.4) is 0 Å². The first-order chi connectivity index (χ1) is 13.6. The summed E-state index contributed by atoms with van der Waals surface area (Å²) in [5.41, 5.74) is 2.06. The second-order valence-electron chi connectivity index (χ2n) is 6.57. The van der Waals surface area contributed by atoms with Crippen molar-refractivity contribution in [2.45, 2.75) is 19.3 Å². The van der Waals surface area contributed by atoms with Crippen molar-refractivity contribution < 1.29 is 19.1 Å².